The number of hydrogen-bond donors (Lipinski definition) is 0. The normalized spacial score (nSPS) is 12.1. The number of non-ortho nitro benzene ring substituents is 1. The van der Waals surface area contributed by atoms with Crippen LogP contribution >= 0.6 is 0 Å². The predicted octanol–water partition coefficient (Wildman–Crippen LogP) is 3.45. The highest BCUT2D eigenvalue weighted by Gasteiger charge is 2.37. The third-order valence-electron chi connectivity index (χ3n) is 2.82. The van der Waals surface area contributed by atoms with Gasteiger partial charge in [-0.2, -0.15) is 13.2 Å². The summed E-state index contributed by atoms with van der Waals surface area (Å²) in [6.07, 6.45) is -4.86. The summed E-state index contributed by atoms with van der Waals surface area (Å²) in [5, 5.41) is 10.7. The van der Waals surface area contributed by atoms with E-state index in [0.29, 0.717) is 6.07 Å². The molecule has 0 radical (unpaired) electrons. The number of sulfone groups is 1. The molecule has 0 N–H and O–H groups in total. The maximum atomic E-state index is 12.9. The lowest BCUT2D eigenvalue weighted by molar-refractivity contribution is -0.385. The van der Waals surface area contributed by atoms with Crippen LogP contribution in [0.4, 0.5) is 18.9 Å². The summed E-state index contributed by atoms with van der Waals surface area (Å²) in [7, 11) is -4.53. The minimum Gasteiger partial charge on any atom is -0.258 e. The Balaban J connectivity index is 2.67. The fraction of sp³-hybridized carbons (Fsp3) is 0.0769. The van der Waals surface area contributed by atoms with E-state index in [2.05, 4.69) is 0 Å². The molecule has 116 valence electrons. The summed E-state index contributed by atoms with van der Waals surface area (Å²) in [4.78, 5) is 8.34. The van der Waals surface area contributed by atoms with E-state index in [0.717, 1.165) is 42.5 Å². The van der Waals surface area contributed by atoms with Gasteiger partial charge in [-0.3, -0.25) is 10.1 Å². The molecule has 0 spiro atoms. The lowest BCUT2D eigenvalue weighted by Crippen LogP contribution is -2.13. The van der Waals surface area contributed by atoms with Crippen molar-refractivity contribution in [1.82, 2.24) is 0 Å². The number of alkyl halides is 3. The quantitative estimate of drug-likeness (QED) is 0.637. The van der Waals surface area contributed by atoms with Crippen LogP contribution < -0.4 is 0 Å². The molecule has 2 aromatic rings. The van der Waals surface area contributed by atoms with Gasteiger partial charge in [0.2, 0.25) is 9.84 Å². The zero-order valence-corrected chi connectivity index (χ0v) is 11.6. The van der Waals surface area contributed by atoms with Crippen LogP contribution in [-0.2, 0) is 16.0 Å². The molecule has 0 fully saturated rings. The van der Waals surface area contributed by atoms with Crippen molar-refractivity contribution in [2.45, 2.75) is 16.0 Å². The number of halogens is 3. The van der Waals surface area contributed by atoms with Crippen molar-refractivity contribution in [2.24, 2.45) is 0 Å². The number of nitro groups is 1. The van der Waals surface area contributed by atoms with Crippen molar-refractivity contribution in [3.05, 3.63) is 64.2 Å². The first-order valence-electron chi connectivity index (χ1n) is 5.80. The Morgan fingerprint density at radius 3 is 2.23 bits per heavy atom. The molecular weight excluding hydrogens is 323 g/mol. The SMILES string of the molecule is O=[N+]([O-])c1cccc(S(=O)(=O)c2ccccc2C(F)(F)F)c1. The lowest BCUT2D eigenvalue weighted by atomic mass is 10.2. The van der Waals surface area contributed by atoms with E-state index in [9.17, 15) is 31.7 Å². The molecule has 2 aromatic carbocycles. The average Bonchev–Trinajstić information content (AvgIpc) is 2.46. The van der Waals surface area contributed by atoms with E-state index in [1.807, 2.05) is 0 Å². The summed E-state index contributed by atoms with van der Waals surface area (Å²) in [6.45, 7) is 0. The minimum absolute atomic E-state index is 0.523. The maximum absolute atomic E-state index is 12.9. The molecule has 0 atom stereocenters. The first-order chi connectivity index (χ1) is 10.1. The molecule has 0 saturated heterocycles. The second-order valence-electron chi connectivity index (χ2n) is 4.25. The van der Waals surface area contributed by atoms with Crippen LogP contribution in [0.5, 0.6) is 0 Å². The van der Waals surface area contributed by atoms with Gasteiger partial charge in [0.1, 0.15) is 0 Å². The van der Waals surface area contributed by atoms with E-state index in [1.54, 1.807) is 0 Å². The summed E-state index contributed by atoms with van der Waals surface area (Å²) in [5.74, 6) is 0. The highest BCUT2D eigenvalue weighted by Crippen LogP contribution is 2.36. The molecule has 22 heavy (non-hydrogen) atoms. The van der Waals surface area contributed by atoms with Crippen LogP contribution in [0.3, 0.4) is 0 Å². The minimum atomic E-state index is -4.86. The monoisotopic (exact) mass is 331 g/mol. The van der Waals surface area contributed by atoms with Gasteiger partial charge in [-0.15, -0.1) is 0 Å². The zero-order valence-electron chi connectivity index (χ0n) is 10.7. The smallest absolute Gasteiger partial charge is 0.258 e. The molecule has 0 amide bonds. The van der Waals surface area contributed by atoms with Crippen LogP contribution in [0.25, 0.3) is 0 Å². The summed E-state index contributed by atoms with van der Waals surface area (Å²) >= 11 is 0. The fourth-order valence-corrected chi connectivity index (χ4v) is 3.34. The third-order valence-corrected chi connectivity index (χ3v) is 4.63. The van der Waals surface area contributed by atoms with Gasteiger partial charge in [0.15, 0.2) is 0 Å². The molecule has 0 aromatic heterocycles. The molecule has 5 nitrogen and oxygen atoms in total. The molecule has 2 rings (SSSR count). The molecular formula is C13H8F3NO4S. The number of hydrogen-bond acceptors (Lipinski definition) is 4. The van der Waals surface area contributed by atoms with Gasteiger partial charge in [0.05, 0.1) is 20.3 Å². The van der Waals surface area contributed by atoms with Crippen molar-refractivity contribution in [3.8, 4) is 0 Å². The lowest BCUT2D eigenvalue weighted by Gasteiger charge is -2.13. The first-order valence-corrected chi connectivity index (χ1v) is 7.28. The van der Waals surface area contributed by atoms with Gasteiger partial charge < -0.3 is 0 Å². The number of benzene rings is 2. The zero-order chi connectivity index (χ0) is 16.5. The Morgan fingerprint density at radius 1 is 1.00 bits per heavy atom. The third kappa shape index (κ3) is 2.93. The molecule has 0 aliphatic carbocycles. The Hall–Kier alpha value is -2.42. The van der Waals surface area contributed by atoms with E-state index in [1.165, 1.54) is 0 Å². The Morgan fingerprint density at radius 2 is 1.64 bits per heavy atom. The van der Waals surface area contributed by atoms with Gasteiger partial charge >= 0.3 is 6.18 Å². The summed E-state index contributed by atoms with van der Waals surface area (Å²) in [6, 6.07) is 7.56. The number of nitrogens with zero attached hydrogens (tertiary/aromatic N) is 1. The van der Waals surface area contributed by atoms with Gasteiger partial charge in [-0.25, -0.2) is 8.42 Å². The summed E-state index contributed by atoms with van der Waals surface area (Å²) < 4.78 is 63.5. The van der Waals surface area contributed by atoms with Crippen molar-refractivity contribution in [2.75, 3.05) is 0 Å². The molecule has 0 saturated carbocycles. The van der Waals surface area contributed by atoms with E-state index in [-0.39, 0.29) is 0 Å². The predicted molar refractivity (Wildman–Crippen MR) is 70.0 cm³/mol. The molecule has 0 aliphatic heterocycles. The highest BCUT2D eigenvalue weighted by molar-refractivity contribution is 7.91. The highest BCUT2D eigenvalue weighted by atomic mass is 32.2. The Bertz CT molecular complexity index is 831. The molecule has 0 heterocycles. The van der Waals surface area contributed by atoms with Crippen molar-refractivity contribution in [3.63, 3.8) is 0 Å². The van der Waals surface area contributed by atoms with E-state index in [4.69, 9.17) is 0 Å². The average molecular weight is 331 g/mol. The van der Waals surface area contributed by atoms with Crippen LogP contribution in [-0.4, -0.2) is 13.3 Å². The Labute approximate surface area is 123 Å². The Kier molecular flexibility index (Phi) is 3.92. The van der Waals surface area contributed by atoms with Crippen LogP contribution in [0.15, 0.2) is 58.3 Å². The molecule has 0 bridgehead atoms. The molecule has 9 heteroatoms. The van der Waals surface area contributed by atoms with E-state index >= 15 is 0 Å². The van der Waals surface area contributed by atoms with Gasteiger partial charge in [-0.05, 0) is 18.2 Å². The summed E-state index contributed by atoms with van der Waals surface area (Å²) in [5.41, 5.74) is -1.84. The molecule has 0 unspecified atom stereocenters. The second kappa shape index (κ2) is 5.41. The topological polar surface area (TPSA) is 77.3 Å². The maximum Gasteiger partial charge on any atom is 0.417 e. The first kappa shape index (κ1) is 16.0. The van der Waals surface area contributed by atoms with Crippen molar-refractivity contribution >= 4 is 15.5 Å². The standard InChI is InChI=1S/C13H8F3NO4S/c14-13(15,16)11-6-1-2-7-12(11)22(20,21)10-5-3-4-9(8-10)17(18)19/h1-8H. The van der Waals surface area contributed by atoms with Crippen LogP contribution in [0, 0.1) is 10.1 Å². The van der Waals surface area contributed by atoms with Crippen molar-refractivity contribution < 1.29 is 26.5 Å². The van der Waals surface area contributed by atoms with Crippen molar-refractivity contribution in [1.29, 1.82) is 0 Å². The van der Waals surface area contributed by atoms with Gasteiger partial charge in [-0.1, -0.05) is 18.2 Å². The number of rotatable bonds is 3. The fourth-order valence-electron chi connectivity index (χ4n) is 1.83. The van der Waals surface area contributed by atoms with E-state index < -0.39 is 42.0 Å². The van der Waals surface area contributed by atoms with Crippen LogP contribution in [0.1, 0.15) is 5.56 Å². The second-order valence-corrected chi connectivity index (χ2v) is 6.17. The largest absolute Gasteiger partial charge is 0.417 e. The van der Waals surface area contributed by atoms with Gasteiger partial charge in [0, 0.05) is 12.1 Å². The van der Waals surface area contributed by atoms with Gasteiger partial charge in [0.25, 0.3) is 5.69 Å². The van der Waals surface area contributed by atoms with Crippen LogP contribution in [0.2, 0.25) is 0 Å². The number of nitro benzene ring substituents is 1. The molecule has 0 aliphatic rings.